The molecule has 90 valence electrons. The van der Waals surface area contributed by atoms with Crippen LogP contribution in [-0.4, -0.2) is 0 Å². The van der Waals surface area contributed by atoms with Crippen molar-refractivity contribution in [3.05, 3.63) is 41.1 Å². The molecule has 0 radical (unpaired) electrons. The van der Waals surface area contributed by atoms with Crippen LogP contribution < -0.4 is 0 Å². The Balaban J connectivity index is 2.22. The van der Waals surface area contributed by atoms with Crippen LogP contribution in [0.15, 0.2) is 41.1 Å². The summed E-state index contributed by atoms with van der Waals surface area (Å²) in [6.07, 6.45) is 9.86. The molecule has 0 spiro atoms. The Morgan fingerprint density at radius 3 is 1.65 bits per heavy atom. The van der Waals surface area contributed by atoms with Gasteiger partial charge in [0.15, 0.2) is 0 Å². The van der Waals surface area contributed by atoms with Crippen LogP contribution in [0.3, 0.4) is 0 Å². The maximum atomic E-state index is 2.47. The van der Waals surface area contributed by atoms with Crippen LogP contribution in [0.25, 0.3) is 0 Å². The van der Waals surface area contributed by atoms with Crippen LogP contribution in [0.5, 0.6) is 0 Å². The molecule has 0 N–H and O–H groups in total. The summed E-state index contributed by atoms with van der Waals surface area (Å²) in [6, 6.07) is 0. The van der Waals surface area contributed by atoms with E-state index in [9.17, 15) is 0 Å². The molecule has 0 aromatic carbocycles. The molecule has 0 unspecified atom stereocenters. The molecular weight excluding hydrogens is 371 g/mol. The van der Waals surface area contributed by atoms with Crippen LogP contribution in [0.4, 0.5) is 0 Å². The van der Waals surface area contributed by atoms with Crippen LogP contribution in [0.1, 0.15) is 53.4 Å². The monoisotopic (exact) mass is 394 g/mol. The second-order valence-corrected chi connectivity index (χ2v) is 9.50. The van der Waals surface area contributed by atoms with Crippen molar-refractivity contribution in [2.45, 2.75) is 53.4 Å². The third-order valence-electron chi connectivity index (χ3n) is 3.82. The fourth-order valence-electron chi connectivity index (χ4n) is 2.65. The first kappa shape index (κ1) is 13.3. The van der Waals surface area contributed by atoms with Crippen molar-refractivity contribution in [3.8, 4) is 0 Å². The van der Waals surface area contributed by atoms with E-state index in [0.29, 0.717) is 0 Å². The molecule has 0 amide bonds. The molecule has 0 saturated carbocycles. The average Bonchev–Trinajstić information content (AvgIpc) is 2.85. The molecule has 1 heteroatoms. The van der Waals surface area contributed by atoms with Crippen LogP contribution >= 0.6 is 0 Å². The minimum absolute atomic E-state index is 0.786. The summed E-state index contributed by atoms with van der Waals surface area (Å²) in [5.74, 6) is 0. The quantitative estimate of drug-likeness (QED) is 0.584. The van der Waals surface area contributed by atoms with E-state index < -0.39 is 22.9 Å². The molecule has 0 bridgehead atoms. The van der Waals surface area contributed by atoms with Gasteiger partial charge in [-0.2, -0.15) is 0 Å². The Labute approximate surface area is 117 Å². The first-order valence-electron chi connectivity index (χ1n) is 6.72. The molecule has 2 aliphatic carbocycles. The van der Waals surface area contributed by atoms with Gasteiger partial charge in [-0.1, -0.05) is 0 Å². The summed E-state index contributed by atoms with van der Waals surface area (Å²) in [4.78, 5) is 0. The predicted octanol–water partition coefficient (Wildman–Crippen LogP) is 5.10. The molecule has 0 atom stereocenters. The van der Waals surface area contributed by atoms with Crippen molar-refractivity contribution in [2.24, 2.45) is 0 Å². The number of rotatable bonds is 4. The van der Waals surface area contributed by atoms with E-state index in [1.807, 2.05) is 6.66 Å². The molecule has 0 aliphatic heterocycles. The van der Waals surface area contributed by atoms with E-state index in [2.05, 4.69) is 39.8 Å². The zero-order valence-corrected chi connectivity index (χ0v) is 15.1. The molecule has 0 heterocycles. The zero-order valence-electron chi connectivity index (χ0n) is 11.5. The van der Waals surface area contributed by atoms with E-state index in [4.69, 9.17) is 0 Å². The van der Waals surface area contributed by atoms with Crippen LogP contribution in [0.2, 0.25) is 0 Å². The second kappa shape index (κ2) is 5.65. The Hall–Kier alpha value is -0.170. The Bertz CT molecular complexity index is 402. The Morgan fingerprint density at radius 2 is 1.29 bits per heavy atom. The Kier molecular flexibility index (Phi) is 4.41. The van der Waals surface area contributed by atoms with Crippen molar-refractivity contribution in [1.29, 1.82) is 0 Å². The summed E-state index contributed by atoms with van der Waals surface area (Å²) < 4.78 is 3.64. The van der Waals surface area contributed by atoms with Gasteiger partial charge in [0.2, 0.25) is 0 Å². The number of allylic oxidation sites excluding steroid dienone is 8. The average molecular weight is 393 g/mol. The normalized spacial score (nSPS) is 20.0. The van der Waals surface area contributed by atoms with Gasteiger partial charge in [0, 0.05) is 0 Å². The number of hydrogen-bond donors (Lipinski definition) is 0. The minimum atomic E-state index is -0.786. The van der Waals surface area contributed by atoms with Crippen molar-refractivity contribution in [1.82, 2.24) is 0 Å². The van der Waals surface area contributed by atoms with Crippen molar-refractivity contribution in [3.63, 3.8) is 0 Å². The molecule has 17 heavy (non-hydrogen) atoms. The summed E-state index contributed by atoms with van der Waals surface area (Å²) in [5, 5.41) is 0. The number of hydrogen-bond acceptors (Lipinski definition) is 0. The fraction of sp³-hybridized carbons (Fsp3) is 0.500. The molecule has 2 aliphatic rings. The Morgan fingerprint density at radius 1 is 0.882 bits per heavy atom. The van der Waals surface area contributed by atoms with Gasteiger partial charge in [-0.3, -0.25) is 0 Å². The standard InChI is InChI=1S/2C8H11.Hf/c2*1-3-8-5-4-7(2)6-8;/h2*5H,3-4H2,1-2H3;. The van der Waals surface area contributed by atoms with Gasteiger partial charge in [-0.05, 0) is 0 Å². The SMILES string of the molecule is CCC1=CCC(C)=[C]1[Hf][C]1=C(C)CC=C1CC. The first-order valence-corrected chi connectivity index (χ1v) is 10.3. The molecule has 0 fully saturated rings. The molecule has 0 nitrogen and oxygen atoms in total. The maximum absolute atomic E-state index is 2.47. The van der Waals surface area contributed by atoms with Gasteiger partial charge < -0.3 is 0 Å². The van der Waals surface area contributed by atoms with Crippen molar-refractivity contribution < 1.29 is 22.9 Å². The van der Waals surface area contributed by atoms with E-state index in [0.717, 1.165) is 0 Å². The van der Waals surface area contributed by atoms with E-state index in [-0.39, 0.29) is 0 Å². The van der Waals surface area contributed by atoms with Gasteiger partial charge in [0.05, 0.1) is 0 Å². The van der Waals surface area contributed by atoms with Gasteiger partial charge >= 0.3 is 117 Å². The summed E-state index contributed by atoms with van der Waals surface area (Å²) >= 11 is -0.786. The summed E-state index contributed by atoms with van der Waals surface area (Å²) in [7, 11) is 0. The van der Waals surface area contributed by atoms with Gasteiger partial charge in [0.25, 0.3) is 0 Å². The van der Waals surface area contributed by atoms with Crippen LogP contribution in [0, 0.1) is 0 Å². The van der Waals surface area contributed by atoms with Crippen LogP contribution in [-0.2, 0) is 22.9 Å². The molecule has 0 aromatic rings. The zero-order chi connectivity index (χ0) is 12.4. The molecule has 0 saturated heterocycles. The van der Waals surface area contributed by atoms with E-state index in [1.165, 1.54) is 25.7 Å². The molecule has 2 rings (SSSR count). The first-order chi connectivity index (χ1) is 8.17. The van der Waals surface area contributed by atoms with Gasteiger partial charge in [0.1, 0.15) is 0 Å². The van der Waals surface area contributed by atoms with Crippen molar-refractivity contribution in [2.75, 3.05) is 0 Å². The van der Waals surface area contributed by atoms with Gasteiger partial charge in [-0.15, -0.1) is 0 Å². The topological polar surface area (TPSA) is 0 Å². The van der Waals surface area contributed by atoms with E-state index >= 15 is 0 Å². The third kappa shape index (κ3) is 2.65. The third-order valence-corrected chi connectivity index (χ3v) is 11.0. The predicted molar refractivity (Wildman–Crippen MR) is 71.4 cm³/mol. The summed E-state index contributed by atoms with van der Waals surface area (Å²) in [5.41, 5.74) is 6.70. The van der Waals surface area contributed by atoms with E-state index in [1.54, 1.807) is 22.3 Å². The molecule has 0 aromatic heterocycles. The fourth-order valence-corrected chi connectivity index (χ4v) is 8.97. The summed E-state index contributed by atoms with van der Waals surface area (Å²) in [6.45, 7) is 9.31. The van der Waals surface area contributed by atoms with Gasteiger partial charge in [-0.25, -0.2) is 0 Å². The molecular formula is C16H22Hf. The van der Waals surface area contributed by atoms with Crippen molar-refractivity contribution >= 4 is 0 Å². The second-order valence-electron chi connectivity index (χ2n) is 5.01.